The van der Waals surface area contributed by atoms with E-state index < -0.39 is 5.82 Å². The molecule has 0 aliphatic rings. The number of nitrogens with zero attached hydrogens (tertiary/aromatic N) is 1. The van der Waals surface area contributed by atoms with Crippen LogP contribution in [0.15, 0.2) is 42.5 Å². The highest BCUT2D eigenvalue weighted by molar-refractivity contribution is 5.65. The van der Waals surface area contributed by atoms with Gasteiger partial charge in [0.2, 0.25) is 0 Å². The standard InChI is InChI=1S/C17H17FN2/c1-17(2,3)14-6-4-5-7-16(14)20-13-9-8-12(11-19)15(18)10-13/h4-10,20H,1-3H3. The maximum Gasteiger partial charge on any atom is 0.143 e. The molecule has 2 aromatic rings. The molecule has 0 spiro atoms. The highest BCUT2D eigenvalue weighted by atomic mass is 19.1. The summed E-state index contributed by atoms with van der Waals surface area (Å²) in [4.78, 5) is 0. The van der Waals surface area contributed by atoms with E-state index in [1.807, 2.05) is 24.3 Å². The molecule has 0 bridgehead atoms. The molecule has 2 aromatic carbocycles. The number of anilines is 2. The maximum absolute atomic E-state index is 13.6. The Bertz CT molecular complexity index is 663. The summed E-state index contributed by atoms with van der Waals surface area (Å²) in [5, 5.41) is 12.0. The zero-order valence-electron chi connectivity index (χ0n) is 11.9. The summed E-state index contributed by atoms with van der Waals surface area (Å²) in [6.45, 7) is 6.40. The first-order valence-electron chi connectivity index (χ1n) is 6.48. The Kier molecular flexibility index (Phi) is 3.76. The minimum atomic E-state index is -0.509. The van der Waals surface area contributed by atoms with Gasteiger partial charge in [0.25, 0.3) is 0 Å². The third kappa shape index (κ3) is 2.97. The molecule has 0 aromatic heterocycles. The zero-order chi connectivity index (χ0) is 14.8. The summed E-state index contributed by atoms with van der Waals surface area (Å²) < 4.78 is 13.6. The average Bonchev–Trinajstić information content (AvgIpc) is 2.38. The molecule has 0 radical (unpaired) electrons. The van der Waals surface area contributed by atoms with Gasteiger partial charge in [-0.1, -0.05) is 39.0 Å². The van der Waals surface area contributed by atoms with Crippen molar-refractivity contribution in [3.63, 3.8) is 0 Å². The molecule has 2 rings (SSSR count). The van der Waals surface area contributed by atoms with Crippen LogP contribution < -0.4 is 5.32 Å². The van der Waals surface area contributed by atoms with Crippen LogP contribution in [-0.4, -0.2) is 0 Å². The van der Waals surface area contributed by atoms with Crippen molar-refractivity contribution >= 4 is 11.4 Å². The van der Waals surface area contributed by atoms with Gasteiger partial charge in [-0.3, -0.25) is 0 Å². The van der Waals surface area contributed by atoms with Crippen LogP contribution in [0.5, 0.6) is 0 Å². The summed E-state index contributed by atoms with van der Waals surface area (Å²) in [5.74, 6) is -0.509. The number of halogens is 1. The first-order valence-corrected chi connectivity index (χ1v) is 6.48. The minimum absolute atomic E-state index is 0.00523. The van der Waals surface area contributed by atoms with E-state index in [0.717, 1.165) is 11.3 Å². The average molecular weight is 268 g/mol. The molecule has 0 aliphatic heterocycles. The van der Waals surface area contributed by atoms with E-state index in [-0.39, 0.29) is 11.0 Å². The van der Waals surface area contributed by atoms with Crippen LogP contribution in [-0.2, 0) is 5.41 Å². The smallest absolute Gasteiger partial charge is 0.143 e. The van der Waals surface area contributed by atoms with Gasteiger partial charge < -0.3 is 5.32 Å². The number of benzene rings is 2. The summed E-state index contributed by atoms with van der Waals surface area (Å²) in [6, 6.07) is 14.3. The SMILES string of the molecule is CC(C)(C)c1ccccc1Nc1ccc(C#N)c(F)c1. The number of nitrogens with one attached hydrogen (secondary N) is 1. The fourth-order valence-corrected chi connectivity index (χ4v) is 2.09. The van der Waals surface area contributed by atoms with Crippen molar-refractivity contribution in [2.45, 2.75) is 26.2 Å². The van der Waals surface area contributed by atoms with E-state index in [4.69, 9.17) is 5.26 Å². The molecule has 0 saturated heterocycles. The van der Waals surface area contributed by atoms with Gasteiger partial charge in [-0.15, -0.1) is 0 Å². The first kappa shape index (κ1) is 14.1. The number of rotatable bonds is 2. The van der Waals surface area contributed by atoms with Crippen LogP contribution in [0.3, 0.4) is 0 Å². The van der Waals surface area contributed by atoms with Crippen molar-refractivity contribution in [3.05, 3.63) is 59.4 Å². The molecule has 0 amide bonds. The lowest BCUT2D eigenvalue weighted by Crippen LogP contribution is -2.13. The molecule has 0 aliphatic carbocycles. The number of para-hydroxylation sites is 1. The van der Waals surface area contributed by atoms with Crippen molar-refractivity contribution in [1.82, 2.24) is 0 Å². The van der Waals surface area contributed by atoms with Crippen molar-refractivity contribution in [1.29, 1.82) is 5.26 Å². The number of nitriles is 1. The Hall–Kier alpha value is -2.34. The van der Waals surface area contributed by atoms with Gasteiger partial charge in [0.05, 0.1) is 5.56 Å². The predicted octanol–water partition coefficient (Wildman–Crippen LogP) is 4.74. The molecule has 2 nitrogen and oxygen atoms in total. The van der Waals surface area contributed by atoms with Crippen LogP contribution >= 0.6 is 0 Å². The molecule has 0 atom stereocenters. The topological polar surface area (TPSA) is 35.8 Å². The van der Waals surface area contributed by atoms with E-state index >= 15 is 0 Å². The van der Waals surface area contributed by atoms with Crippen molar-refractivity contribution < 1.29 is 4.39 Å². The van der Waals surface area contributed by atoms with Crippen LogP contribution in [0.4, 0.5) is 15.8 Å². The fourth-order valence-electron chi connectivity index (χ4n) is 2.09. The highest BCUT2D eigenvalue weighted by Crippen LogP contribution is 2.31. The van der Waals surface area contributed by atoms with Gasteiger partial charge in [0.15, 0.2) is 0 Å². The monoisotopic (exact) mass is 268 g/mol. The largest absolute Gasteiger partial charge is 0.355 e. The quantitative estimate of drug-likeness (QED) is 0.854. The van der Waals surface area contributed by atoms with Crippen LogP contribution in [0.25, 0.3) is 0 Å². The molecule has 20 heavy (non-hydrogen) atoms. The summed E-state index contributed by atoms with van der Waals surface area (Å²) in [6.07, 6.45) is 0. The molecule has 0 saturated carbocycles. The number of hydrogen-bond donors (Lipinski definition) is 1. The van der Waals surface area contributed by atoms with Crippen molar-refractivity contribution in [3.8, 4) is 6.07 Å². The summed E-state index contributed by atoms with van der Waals surface area (Å²) in [7, 11) is 0. The van der Waals surface area contributed by atoms with Gasteiger partial charge in [0.1, 0.15) is 11.9 Å². The number of hydrogen-bond acceptors (Lipinski definition) is 2. The van der Waals surface area contributed by atoms with E-state index in [9.17, 15) is 4.39 Å². The van der Waals surface area contributed by atoms with Gasteiger partial charge in [-0.2, -0.15) is 5.26 Å². The summed E-state index contributed by atoms with van der Waals surface area (Å²) in [5.41, 5.74) is 2.79. The minimum Gasteiger partial charge on any atom is -0.355 e. The normalized spacial score (nSPS) is 10.9. The molecule has 102 valence electrons. The molecule has 0 heterocycles. The molecule has 0 unspecified atom stereocenters. The second kappa shape index (κ2) is 5.34. The second-order valence-electron chi connectivity index (χ2n) is 5.73. The van der Waals surface area contributed by atoms with Gasteiger partial charge in [0, 0.05) is 11.4 Å². The Balaban J connectivity index is 2.36. The van der Waals surface area contributed by atoms with Crippen molar-refractivity contribution in [2.24, 2.45) is 0 Å². The summed E-state index contributed by atoms with van der Waals surface area (Å²) >= 11 is 0. The first-order chi connectivity index (χ1) is 9.41. The zero-order valence-corrected chi connectivity index (χ0v) is 11.9. The Morgan fingerprint density at radius 2 is 1.80 bits per heavy atom. The highest BCUT2D eigenvalue weighted by Gasteiger charge is 2.17. The van der Waals surface area contributed by atoms with E-state index in [1.54, 1.807) is 6.07 Å². The second-order valence-corrected chi connectivity index (χ2v) is 5.73. The van der Waals surface area contributed by atoms with E-state index in [2.05, 4.69) is 32.2 Å². The van der Waals surface area contributed by atoms with Crippen LogP contribution in [0.1, 0.15) is 31.9 Å². The van der Waals surface area contributed by atoms with E-state index in [0.29, 0.717) is 5.69 Å². The van der Waals surface area contributed by atoms with Crippen molar-refractivity contribution in [2.75, 3.05) is 5.32 Å². The lowest BCUT2D eigenvalue weighted by Gasteiger charge is -2.23. The van der Waals surface area contributed by atoms with E-state index in [1.165, 1.54) is 12.1 Å². The lowest BCUT2D eigenvalue weighted by atomic mass is 9.86. The Labute approximate surface area is 118 Å². The Morgan fingerprint density at radius 3 is 2.40 bits per heavy atom. The third-order valence-electron chi connectivity index (χ3n) is 3.10. The molecule has 0 fully saturated rings. The van der Waals surface area contributed by atoms with Gasteiger partial charge in [-0.05, 0) is 35.2 Å². The van der Waals surface area contributed by atoms with Crippen LogP contribution in [0.2, 0.25) is 0 Å². The maximum atomic E-state index is 13.6. The molecular formula is C17H17FN2. The Morgan fingerprint density at radius 1 is 1.10 bits per heavy atom. The van der Waals surface area contributed by atoms with Gasteiger partial charge in [-0.25, -0.2) is 4.39 Å². The predicted molar refractivity (Wildman–Crippen MR) is 79.5 cm³/mol. The lowest BCUT2D eigenvalue weighted by molar-refractivity contribution is 0.592. The molecule has 3 heteroatoms. The third-order valence-corrected chi connectivity index (χ3v) is 3.10. The fraction of sp³-hybridized carbons (Fsp3) is 0.235. The molecular weight excluding hydrogens is 251 g/mol. The van der Waals surface area contributed by atoms with Gasteiger partial charge >= 0.3 is 0 Å². The molecule has 1 N–H and O–H groups in total. The van der Waals surface area contributed by atoms with Crippen LogP contribution in [0, 0.1) is 17.1 Å².